The molecule has 0 aromatic rings. The highest BCUT2D eigenvalue weighted by molar-refractivity contribution is 5.82. The van der Waals surface area contributed by atoms with Crippen molar-refractivity contribution in [1.82, 2.24) is 9.80 Å². The zero-order chi connectivity index (χ0) is 14.3. The van der Waals surface area contributed by atoms with E-state index in [1.54, 1.807) is 0 Å². The Morgan fingerprint density at radius 3 is 2.11 bits per heavy atom. The van der Waals surface area contributed by atoms with Gasteiger partial charge in [-0.05, 0) is 34.1 Å². The van der Waals surface area contributed by atoms with Gasteiger partial charge in [0.25, 0.3) is 0 Å². The third-order valence-corrected chi connectivity index (χ3v) is 2.93. The Kier molecular flexibility index (Phi) is 6.13. The lowest BCUT2D eigenvalue weighted by atomic mass is 10.1. The van der Waals surface area contributed by atoms with Gasteiger partial charge in [0.2, 0.25) is 0 Å². The van der Waals surface area contributed by atoms with Crippen molar-refractivity contribution in [3.05, 3.63) is 24.3 Å². The molecule has 3 heteroatoms. The van der Waals surface area contributed by atoms with Crippen molar-refractivity contribution in [2.75, 3.05) is 26.2 Å². The van der Waals surface area contributed by atoms with Crippen LogP contribution in [0.2, 0.25) is 0 Å². The lowest BCUT2D eigenvalue weighted by Gasteiger charge is -2.25. The first-order valence-electron chi connectivity index (χ1n) is 7.34. The summed E-state index contributed by atoms with van der Waals surface area (Å²) in [5, 5.41) is 0. The first kappa shape index (κ1) is 15.8. The average Bonchev–Trinajstić information content (AvgIpc) is 2.68. The minimum absolute atomic E-state index is 0.0272. The predicted molar refractivity (Wildman–Crippen MR) is 84.6 cm³/mol. The van der Waals surface area contributed by atoms with Crippen LogP contribution in [0, 0.1) is 0 Å². The van der Waals surface area contributed by atoms with E-state index < -0.39 is 0 Å². The van der Waals surface area contributed by atoms with Crippen LogP contribution < -0.4 is 0 Å². The normalized spacial score (nSPS) is 19.5. The minimum Gasteiger partial charge on any atom is -0.337 e. The smallest absolute Gasteiger partial charge is 0.197 e. The zero-order valence-corrected chi connectivity index (χ0v) is 13.2. The number of hydrogen-bond acceptors (Lipinski definition) is 1. The molecule has 1 rings (SSSR count). The van der Waals surface area contributed by atoms with E-state index in [0.29, 0.717) is 0 Å². The van der Waals surface area contributed by atoms with Crippen LogP contribution in [-0.2, 0) is 0 Å². The monoisotopic (exact) mass is 263 g/mol. The third kappa shape index (κ3) is 5.50. The van der Waals surface area contributed by atoms with Crippen LogP contribution in [0.1, 0.15) is 41.0 Å². The summed E-state index contributed by atoms with van der Waals surface area (Å²) < 4.78 is 0. The number of aliphatic imine (C=N–C) groups is 1. The molecule has 0 aromatic carbocycles. The summed E-state index contributed by atoms with van der Waals surface area (Å²) >= 11 is 0. The minimum atomic E-state index is -0.0272. The molecule has 0 saturated carbocycles. The number of guanidine groups is 1. The van der Waals surface area contributed by atoms with E-state index in [2.05, 4.69) is 68.7 Å². The molecule has 19 heavy (non-hydrogen) atoms. The molecule has 1 fully saturated rings. The van der Waals surface area contributed by atoms with Crippen LogP contribution in [0.15, 0.2) is 29.3 Å². The molecule has 0 bridgehead atoms. The first-order valence-corrected chi connectivity index (χ1v) is 7.34. The Morgan fingerprint density at radius 2 is 1.63 bits per heavy atom. The number of hydrogen-bond donors (Lipinski definition) is 0. The van der Waals surface area contributed by atoms with Crippen LogP contribution in [-0.4, -0.2) is 47.5 Å². The Hall–Kier alpha value is -1.25. The fourth-order valence-corrected chi connectivity index (χ4v) is 2.03. The second-order valence-electron chi connectivity index (χ2n) is 5.92. The Labute approximate surface area is 118 Å². The molecule has 0 aromatic heterocycles. The molecule has 0 aliphatic carbocycles. The standard InChI is InChI=1S/C16H29N3/c1-6-8-10-12-19-14-13-18(11-9-7-2)15(19)17-16(3,4)5/h7-10H,6,11-14H2,1-5H3/b9-7+,10-8+,17-15?. The van der Waals surface area contributed by atoms with Crippen molar-refractivity contribution >= 4 is 5.96 Å². The SMILES string of the molecule is C/C=C/CN1CCN(C/C=C/CC)C1=NC(C)(C)C. The van der Waals surface area contributed by atoms with Gasteiger partial charge < -0.3 is 9.80 Å². The van der Waals surface area contributed by atoms with Gasteiger partial charge in [0, 0.05) is 26.2 Å². The van der Waals surface area contributed by atoms with E-state index in [1.165, 1.54) is 0 Å². The molecule has 0 radical (unpaired) electrons. The molecule has 3 nitrogen and oxygen atoms in total. The van der Waals surface area contributed by atoms with Crippen molar-refractivity contribution in [2.45, 2.75) is 46.6 Å². The molecular formula is C16H29N3. The maximum Gasteiger partial charge on any atom is 0.197 e. The largest absolute Gasteiger partial charge is 0.337 e. The van der Waals surface area contributed by atoms with Crippen LogP contribution >= 0.6 is 0 Å². The molecule has 0 amide bonds. The van der Waals surface area contributed by atoms with Crippen LogP contribution in [0.25, 0.3) is 0 Å². The van der Waals surface area contributed by atoms with Gasteiger partial charge in [-0.15, -0.1) is 0 Å². The Balaban J connectivity index is 2.81. The maximum atomic E-state index is 4.90. The van der Waals surface area contributed by atoms with Crippen molar-refractivity contribution < 1.29 is 0 Å². The second kappa shape index (κ2) is 7.37. The van der Waals surface area contributed by atoms with Crippen molar-refractivity contribution in [3.63, 3.8) is 0 Å². The number of allylic oxidation sites excluding steroid dienone is 2. The summed E-state index contributed by atoms with van der Waals surface area (Å²) in [6.45, 7) is 14.8. The third-order valence-electron chi connectivity index (χ3n) is 2.93. The van der Waals surface area contributed by atoms with E-state index in [1.807, 2.05) is 0 Å². The maximum absolute atomic E-state index is 4.90. The topological polar surface area (TPSA) is 18.8 Å². The summed E-state index contributed by atoms with van der Waals surface area (Å²) in [6, 6.07) is 0. The highest BCUT2D eigenvalue weighted by atomic mass is 15.4. The van der Waals surface area contributed by atoms with Crippen LogP contribution in [0.3, 0.4) is 0 Å². The quantitative estimate of drug-likeness (QED) is 0.709. The van der Waals surface area contributed by atoms with Crippen molar-refractivity contribution in [3.8, 4) is 0 Å². The highest BCUT2D eigenvalue weighted by Gasteiger charge is 2.26. The van der Waals surface area contributed by atoms with E-state index in [4.69, 9.17) is 4.99 Å². The van der Waals surface area contributed by atoms with Crippen molar-refractivity contribution in [1.29, 1.82) is 0 Å². The molecular weight excluding hydrogens is 234 g/mol. The number of nitrogens with zero attached hydrogens (tertiary/aromatic N) is 3. The summed E-state index contributed by atoms with van der Waals surface area (Å²) in [5.74, 6) is 1.14. The molecule has 0 unspecified atom stereocenters. The zero-order valence-electron chi connectivity index (χ0n) is 13.2. The average molecular weight is 263 g/mol. The summed E-state index contributed by atoms with van der Waals surface area (Å²) in [5.41, 5.74) is -0.0272. The van der Waals surface area contributed by atoms with Crippen LogP contribution in [0.4, 0.5) is 0 Å². The van der Waals surface area contributed by atoms with E-state index in [-0.39, 0.29) is 5.54 Å². The molecule has 1 heterocycles. The number of rotatable bonds is 5. The second-order valence-corrected chi connectivity index (χ2v) is 5.92. The molecule has 0 spiro atoms. The van der Waals surface area contributed by atoms with Gasteiger partial charge in [0.15, 0.2) is 5.96 Å². The van der Waals surface area contributed by atoms with Crippen LogP contribution in [0.5, 0.6) is 0 Å². The van der Waals surface area contributed by atoms with Gasteiger partial charge in [-0.2, -0.15) is 0 Å². The van der Waals surface area contributed by atoms with Crippen molar-refractivity contribution in [2.24, 2.45) is 4.99 Å². The highest BCUT2D eigenvalue weighted by Crippen LogP contribution is 2.15. The van der Waals surface area contributed by atoms with Gasteiger partial charge >= 0.3 is 0 Å². The molecule has 1 aliphatic rings. The molecule has 0 N–H and O–H groups in total. The van der Waals surface area contributed by atoms with Gasteiger partial charge in [0.1, 0.15) is 0 Å². The van der Waals surface area contributed by atoms with E-state index in [0.717, 1.165) is 38.6 Å². The van der Waals surface area contributed by atoms with E-state index in [9.17, 15) is 0 Å². The van der Waals surface area contributed by atoms with Gasteiger partial charge in [-0.3, -0.25) is 0 Å². The van der Waals surface area contributed by atoms with Gasteiger partial charge in [-0.1, -0.05) is 31.2 Å². The first-order chi connectivity index (χ1) is 8.98. The lowest BCUT2D eigenvalue weighted by molar-refractivity contribution is 0.481. The fourth-order valence-electron chi connectivity index (χ4n) is 2.03. The Bertz CT molecular complexity index is 347. The summed E-state index contributed by atoms with van der Waals surface area (Å²) in [7, 11) is 0. The molecule has 0 atom stereocenters. The predicted octanol–water partition coefficient (Wildman–Crippen LogP) is 3.30. The molecule has 1 aliphatic heterocycles. The summed E-state index contributed by atoms with van der Waals surface area (Å²) in [6.07, 6.45) is 9.88. The van der Waals surface area contributed by atoms with Gasteiger partial charge in [0.05, 0.1) is 5.54 Å². The molecule has 1 saturated heterocycles. The molecule has 108 valence electrons. The Morgan fingerprint density at radius 1 is 1.05 bits per heavy atom. The van der Waals surface area contributed by atoms with Gasteiger partial charge in [-0.25, -0.2) is 4.99 Å². The van der Waals surface area contributed by atoms with E-state index >= 15 is 0 Å². The summed E-state index contributed by atoms with van der Waals surface area (Å²) in [4.78, 5) is 9.65. The lowest BCUT2D eigenvalue weighted by Crippen LogP contribution is -2.36. The fraction of sp³-hybridized carbons (Fsp3) is 0.688.